The molecule has 28 heavy (non-hydrogen) atoms. The Morgan fingerprint density at radius 1 is 1.11 bits per heavy atom. The standard InChI is InChI=1S/C21H32N2O4S/c1-4-27-20-6-5-19(15-17(20)3)28(25,26)23-13-9-18(10-14-23)21(24)22-11-7-16(2)8-12-22/h5-6,15-16,18H,4,7-14H2,1-3H3. The number of likely N-dealkylation sites (tertiary alicyclic amines) is 1. The van der Waals surface area contributed by atoms with Crippen molar-refractivity contribution < 1.29 is 17.9 Å². The van der Waals surface area contributed by atoms with Crippen molar-refractivity contribution in [3.8, 4) is 5.75 Å². The Labute approximate surface area is 168 Å². The van der Waals surface area contributed by atoms with E-state index in [1.54, 1.807) is 18.2 Å². The van der Waals surface area contributed by atoms with E-state index in [2.05, 4.69) is 6.92 Å². The summed E-state index contributed by atoms with van der Waals surface area (Å²) in [4.78, 5) is 15.0. The Morgan fingerprint density at radius 2 is 1.75 bits per heavy atom. The molecule has 2 fully saturated rings. The quantitative estimate of drug-likeness (QED) is 0.751. The van der Waals surface area contributed by atoms with E-state index in [4.69, 9.17) is 4.74 Å². The first-order valence-electron chi connectivity index (χ1n) is 10.3. The lowest BCUT2D eigenvalue weighted by atomic mass is 9.93. The molecule has 1 aromatic rings. The molecule has 2 aliphatic rings. The fraction of sp³-hybridized carbons (Fsp3) is 0.667. The molecule has 1 amide bonds. The summed E-state index contributed by atoms with van der Waals surface area (Å²) >= 11 is 0. The van der Waals surface area contributed by atoms with Gasteiger partial charge in [0.1, 0.15) is 5.75 Å². The zero-order chi connectivity index (χ0) is 20.3. The van der Waals surface area contributed by atoms with E-state index in [-0.39, 0.29) is 11.8 Å². The molecule has 0 bridgehead atoms. The maximum atomic E-state index is 13.0. The van der Waals surface area contributed by atoms with Gasteiger partial charge in [0.05, 0.1) is 11.5 Å². The minimum absolute atomic E-state index is 0.0538. The average molecular weight is 409 g/mol. The molecule has 1 aromatic carbocycles. The van der Waals surface area contributed by atoms with E-state index in [0.717, 1.165) is 31.5 Å². The Morgan fingerprint density at radius 3 is 2.32 bits per heavy atom. The number of carbonyl (C=O) groups is 1. The first kappa shape index (κ1) is 21.1. The Balaban J connectivity index is 1.62. The molecule has 7 heteroatoms. The lowest BCUT2D eigenvalue weighted by Crippen LogP contribution is -2.46. The maximum Gasteiger partial charge on any atom is 0.243 e. The number of hydrogen-bond acceptors (Lipinski definition) is 4. The second-order valence-corrected chi connectivity index (χ2v) is 9.98. The molecule has 0 aliphatic carbocycles. The van der Waals surface area contributed by atoms with Gasteiger partial charge < -0.3 is 9.64 Å². The summed E-state index contributed by atoms with van der Waals surface area (Å²) in [6, 6.07) is 5.01. The van der Waals surface area contributed by atoms with E-state index < -0.39 is 10.0 Å². The van der Waals surface area contributed by atoms with E-state index in [9.17, 15) is 13.2 Å². The highest BCUT2D eigenvalue weighted by Crippen LogP contribution is 2.29. The molecule has 0 spiro atoms. The van der Waals surface area contributed by atoms with Crippen LogP contribution in [0.2, 0.25) is 0 Å². The van der Waals surface area contributed by atoms with Crippen LogP contribution in [0.1, 0.15) is 45.1 Å². The number of amides is 1. The van der Waals surface area contributed by atoms with Crippen molar-refractivity contribution in [2.24, 2.45) is 11.8 Å². The molecule has 6 nitrogen and oxygen atoms in total. The predicted molar refractivity (Wildman–Crippen MR) is 109 cm³/mol. The molecule has 0 radical (unpaired) electrons. The van der Waals surface area contributed by atoms with Crippen molar-refractivity contribution in [1.29, 1.82) is 0 Å². The number of aryl methyl sites for hydroxylation is 1. The van der Waals surface area contributed by atoms with Gasteiger partial charge in [-0.05, 0) is 69.2 Å². The van der Waals surface area contributed by atoms with Crippen molar-refractivity contribution in [1.82, 2.24) is 9.21 Å². The largest absolute Gasteiger partial charge is 0.494 e. The highest BCUT2D eigenvalue weighted by Gasteiger charge is 2.34. The number of ether oxygens (including phenoxy) is 1. The van der Waals surface area contributed by atoms with Crippen molar-refractivity contribution >= 4 is 15.9 Å². The van der Waals surface area contributed by atoms with Crippen LogP contribution in [0.4, 0.5) is 0 Å². The lowest BCUT2D eigenvalue weighted by Gasteiger charge is -2.36. The van der Waals surface area contributed by atoms with Crippen LogP contribution in [0, 0.1) is 18.8 Å². The number of rotatable bonds is 5. The average Bonchev–Trinajstić information content (AvgIpc) is 2.70. The molecule has 2 aliphatic heterocycles. The SMILES string of the molecule is CCOc1ccc(S(=O)(=O)N2CCC(C(=O)N3CCC(C)CC3)CC2)cc1C. The first-order valence-corrected chi connectivity index (χ1v) is 11.8. The summed E-state index contributed by atoms with van der Waals surface area (Å²) in [6.07, 6.45) is 3.33. The minimum atomic E-state index is -3.54. The summed E-state index contributed by atoms with van der Waals surface area (Å²) in [5, 5.41) is 0. The van der Waals surface area contributed by atoms with Crippen LogP contribution in [0.5, 0.6) is 5.75 Å². The fourth-order valence-electron chi connectivity index (χ4n) is 4.08. The first-order chi connectivity index (χ1) is 13.3. The highest BCUT2D eigenvalue weighted by molar-refractivity contribution is 7.89. The van der Waals surface area contributed by atoms with Gasteiger partial charge in [0, 0.05) is 32.1 Å². The highest BCUT2D eigenvalue weighted by atomic mass is 32.2. The minimum Gasteiger partial charge on any atom is -0.494 e. The van der Waals surface area contributed by atoms with Crippen LogP contribution >= 0.6 is 0 Å². The molecule has 0 N–H and O–H groups in total. The molecule has 0 unspecified atom stereocenters. The third-order valence-electron chi connectivity index (χ3n) is 5.98. The number of carbonyl (C=O) groups excluding carboxylic acids is 1. The van der Waals surface area contributed by atoms with Crippen molar-refractivity contribution in [2.75, 3.05) is 32.8 Å². The molecule has 3 rings (SSSR count). The van der Waals surface area contributed by atoms with Crippen LogP contribution in [-0.2, 0) is 14.8 Å². The third-order valence-corrected chi connectivity index (χ3v) is 7.88. The zero-order valence-electron chi connectivity index (χ0n) is 17.2. The van der Waals surface area contributed by atoms with E-state index in [1.165, 1.54) is 4.31 Å². The fourth-order valence-corrected chi connectivity index (χ4v) is 5.63. The summed E-state index contributed by atoms with van der Waals surface area (Å²) < 4.78 is 33.0. The van der Waals surface area contributed by atoms with Crippen LogP contribution in [0.25, 0.3) is 0 Å². The Kier molecular flexibility index (Phi) is 6.65. The molecule has 0 saturated carbocycles. The molecule has 2 heterocycles. The van der Waals surface area contributed by atoms with Crippen molar-refractivity contribution in [3.63, 3.8) is 0 Å². The summed E-state index contributed by atoms with van der Waals surface area (Å²) in [7, 11) is -3.54. The predicted octanol–water partition coefficient (Wildman–Crippen LogP) is 3.05. The number of hydrogen-bond donors (Lipinski definition) is 0. The van der Waals surface area contributed by atoms with E-state index >= 15 is 0 Å². The Hall–Kier alpha value is -1.60. The molecule has 0 atom stereocenters. The second kappa shape index (κ2) is 8.82. The zero-order valence-corrected chi connectivity index (χ0v) is 18.0. The number of piperidine rings is 2. The molecule has 0 aromatic heterocycles. The third kappa shape index (κ3) is 4.51. The van der Waals surface area contributed by atoms with Crippen LogP contribution < -0.4 is 4.74 Å². The number of benzene rings is 1. The van der Waals surface area contributed by atoms with Gasteiger partial charge in [-0.2, -0.15) is 4.31 Å². The molecular formula is C21H32N2O4S. The number of sulfonamides is 1. The van der Waals surface area contributed by atoms with Gasteiger partial charge >= 0.3 is 0 Å². The maximum absolute atomic E-state index is 13.0. The topological polar surface area (TPSA) is 66.9 Å². The van der Waals surface area contributed by atoms with Crippen LogP contribution in [0.3, 0.4) is 0 Å². The number of nitrogens with zero attached hydrogens (tertiary/aromatic N) is 2. The van der Waals surface area contributed by atoms with Crippen molar-refractivity contribution in [3.05, 3.63) is 23.8 Å². The second-order valence-electron chi connectivity index (χ2n) is 8.05. The van der Waals surface area contributed by atoms with Gasteiger partial charge in [-0.1, -0.05) is 6.92 Å². The van der Waals surface area contributed by atoms with Crippen LogP contribution in [-0.4, -0.2) is 56.3 Å². The van der Waals surface area contributed by atoms with Crippen molar-refractivity contribution in [2.45, 2.75) is 51.3 Å². The van der Waals surface area contributed by atoms with Gasteiger partial charge in [0.25, 0.3) is 0 Å². The van der Waals surface area contributed by atoms with E-state index in [1.807, 2.05) is 18.7 Å². The summed E-state index contributed by atoms with van der Waals surface area (Å²) in [6.45, 7) is 9.00. The monoisotopic (exact) mass is 408 g/mol. The van der Waals surface area contributed by atoms with E-state index in [0.29, 0.717) is 49.1 Å². The molecule has 156 valence electrons. The van der Waals surface area contributed by atoms with Gasteiger partial charge in [0.2, 0.25) is 15.9 Å². The molecular weight excluding hydrogens is 376 g/mol. The smallest absolute Gasteiger partial charge is 0.243 e. The normalized spacial score (nSPS) is 20.3. The summed E-state index contributed by atoms with van der Waals surface area (Å²) in [5.74, 6) is 1.55. The van der Waals surface area contributed by atoms with Gasteiger partial charge in [-0.15, -0.1) is 0 Å². The van der Waals surface area contributed by atoms with Gasteiger partial charge in [-0.3, -0.25) is 4.79 Å². The van der Waals surface area contributed by atoms with Gasteiger partial charge in [0.15, 0.2) is 0 Å². The lowest BCUT2D eigenvalue weighted by molar-refractivity contribution is -0.138. The van der Waals surface area contributed by atoms with Gasteiger partial charge in [-0.25, -0.2) is 8.42 Å². The van der Waals surface area contributed by atoms with Crippen LogP contribution in [0.15, 0.2) is 23.1 Å². The summed E-state index contributed by atoms with van der Waals surface area (Å²) in [5.41, 5.74) is 0.812. The molecule has 2 saturated heterocycles. The Bertz CT molecular complexity index is 793.